The number of rotatable bonds is 5. The van der Waals surface area contributed by atoms with Gasteiger partial charge in [-0.15, -0.1) is 0 Å². The molecule has 3 rings (SSSR count). The molecule has 2 fully saturated rings. The summed E-state index contributed by atoms with van der Waals surface area (Å²) in [5.74, 6) is 2.06. The van der Waals surface area contributed by atoms with Gasteiger partial charge in [-0.05, 0) is 62.4 Å². The van der Waals surface area contributed by atoms with E-state index in [1.807, 2.05) is 16.7 Å². The third-order valence-electron chi connectivity index (χ3n) is 5.50. The highest BCUT2D eigenvalue weighted by atomic mass is 32.2. The van der Waals surface area contributed by atoms with Crippen molar-refractivity contribution in [3.63, 3.8) is 0 Å². The summed E-state index contributed by atoms with van der Waals surface area (Å²) in [6, 6.07) is 6.58. The standard InChI is InChI=1S/C20H31N3O3S2/c1-21(2)28(25,26)19-9-7-17(8-10-19)20(24)23-13-6-14-27-16-18(23)15-22-11-4-3-5-12-22/h7-10,18H,3-6,11-16H2,1-2H3. The molecule has 0 saturated carbocycles. The first-order chi connectivity index (χ1) is 13.4. The average Bonchev–Trinajstić information content (AvgIpc) is 2.93. The number of hydrogen-bond acceptors (Lipinski definition) is 5. The molecular weight excluding hydrogens is 394 g/mol. The molecule has 6 nitrogen and oxygen atoms in total. The molecule has 0 bridgehead atoms. The fourth-order valence-electron chi connectivity index (χ4n) is 3.83. The van der Waals surface area contributed by atoms with Crippen molar-refractivity contribution in [2.45, 2.75) is 36.6 Å². The first kappa shape index (κ1) is 21.6. The van der Waals surface area contributed by atoms with Gasteiger partial charge < -0.3 is 9.80 Å². The van der Waals surface area contributed by atoms with Gasteiger partial charge in [0.1, 0.15) is 0 Å². The van der Waals surface area contributed by atoms with Gasteiger partial charge in [-0.1, -0.05) is 6.42 Å². The number of benzene rings is 1. The van der Waals surface area contributed by atoms with E-state index in [2.05, 4.69) is 4.90 Å². The highest BCUT2D eigenvalue weighted by Gasteiger charge is 2.29. The number of thioether (sulfide) groups is 1. The van der Waals surface area contributed by atoms with E-state index in [1.54, 1.807) is 12.1 Å². The van der Waals surface area contributed by atoms with Crippen molar-refractivity contribution in [2.24, 2.45) is 0 Å². The highest BCUT2D eigenvalue weighted by Crippen LogP contribution is 2.22. The predicted octanol–water partition coefficient (Wildman–Crippen LogP) is 2.37. The van der Waals surface area contributed by atoms with Gasteiger partial charge in [-0.2, -0.15) is 11.8 Å². The fraction of sp³-hybridized carbons (Fsp3) is 0.650. The van der Waals surface area contributed by atoms with Crippen molar-refractivity contribution in [3.8, 4) is 0 Å². The monoisotopic (exact) mass is 425 g/mol. The van der Waals surface area contributed by atoms with Crippen molar-refractivity contribution in [1.29, 1.82) is 0 Å². The van der Waals surface area contributed by atoms with Gasteiger partial charge in [0, 0.05) is 38.5 Å². The number of hydrogen-bond donors (Lipinski definition) is 0. The zero-order valence-corrected chi connectivity index (χ0v) is 18.5. The van der Waals surface area contributed by atoms with Crippen LogP contribution in [-0.4, -0.2) is 86.3 Å². The molecule has 1 aromatic rings. The second-order valence-corrected chi connectivity index (χ2v) is 11.1. The molecular formula is C20H31N3O3S2. The van der Waals surface area contributed by atoms with E-state index in [0.717, 1.165) is 44.1 Å². The minimum atomic E-state index is -3.48. The number of amides is 1. The summed E-state index contributed by atoms with van der Waals surface area (Å²) in [7, 11) is -0.465. The van der Waals surface area contributed by atoms with E-state index in [4.69, 9.17) is 0 Å². The number of sulfonamides is 1. The number of carbonyl (C=O) groups is 1. The molecule has 156 valence electrons. The Bertz CT molecular complexity index is 759. The minimum absolute atomic E-state index is 0.0123. The van der Waals surface area contributed by atoms with Gasteiger partial charge in [0.15, 0.2) is 0 Å². The van der Waals surface area contributed by atoms with Crippen LogP contribution < -0.4 is 0 Å². The molecule has 0 N–H and O–H groups in total. The summed E-state index contributed by atoms with van der Waals surface area (Å²) in [5.41, 5.74) is 0.563. The largest absolute Gasteiger partial charge is 0.334 e. The quantitative estimate of drug-likeness (QED) is 0.725. The zero-order chi connectivity index (χ0) is 20.1. The molecule has 2 heterocycles. The Morgan fingerprint density at radius 2 is 1.75 bits per heavy atom. The topological polar surface area (TPSA) is 60.9 Å². The lowest BCUT2D eigenvalue weighted by atomic mass is 10.1. The summed E-state index contributed by atoms with van der Waals surface area (Å²) in [5, 5.41) is 0. The first-order valence-corrected chi connectivity index (χ1v) is 12.6. The van der Waals surface area contributed by atoms with Crippen LogP contribution in [-0.2, 0) is 10.0 Å². The Hall–Kier alpha value is -1.09. The molecule has 2 aliphatic rings. The van der Waals surface area contributed by atoms with Gasteiger partial charge in [0.05, 0.1) is 10.9 Å². The van der Waals surface area contributed by atoms with Gasteiger partial charge in [-0.25, -0.2) is 12.7 Å². The van der Waals surface area contributed by atoms with Gasteiger partial charge >= 0.3 is 0 Å². The van der Waals surface area contributed by atoms with Crippen molar-refractivity contribution >= 4 is 27.7 Å². The highest BCUT2D eigenvalue weighted by molar-refractivity contribution is 7.99. The Morgan fingerprint density at radius 1 is 1.07 bits per heavy atom. The minimum Gasteiger partial charge on any atom is -0.334 e. The third kappa shape index (κ3) is 5.09. The van der Waals surface area contributed by atoms with Crippen LogP contribution in [0.15, 0.2) is 29.2 Å². The lowest BCUT2D eigenvalue weighted by Crippen LogP contribution is -2.49. The van der Waals surface area contributed by atoms with Crippen LogP contribution in [0.3, 0.4) is 0 Å². The molecule has 2 saturated heterocycles. The summed E-state index contributed by atoms with van der Waals surface area (Å²) in [6.07, 6.45) is 4.80. The van der Waals surface area contributed by atoms with Crippen LogP contribution in [0, 0.1) is 0 Å². The van der Waals surface area contributed by atoms with Gasteiger partial charge in [0.25, 0.3) is 5.91 Å². The lowest BCUT2D eigenvalue weighted by molar-refractivity contribution is 0.0645. The molecule has 0 aromatic heterocycles. The van der Waals surface area contributed by atoms with Gasteiger partial charge in [0.2, 0.25) is 10.0 Å². The smallest absolute Gasteiger partial charge is 0.254 e. The summed E-state index contributed by atoms with van der Waals surface area (Å²) < 4.78 is 25.7. The van der Waals surface area contributed by atoms with Crippen LogP contribution in [0.2, 0.25) is 0 Å². The Morgan fingerprint density at radius 3 is 2.39 bits per heavy atom. The normalized spacial score (nSPS) is 22.2. The third-order valence-corrected chi connectivity index (χ3v) is 8.52. The summed E-state index contributed by atoms with van der Waals surface area (Å²) in [4.78, 5) is 18.0. The van der Waals surface area contributed by atoms with Crippen LogP contribution in [0.25, 0.3) is 0 Å². The molecule has 2 aliphatic heterocycles. The molecule has 1 unspecified atom stereocenters. The Labute approximate surface area is 173 Å². The summed E-state index contributed by atoms with van der Waals surface area (Å²) >= 11 is 1.93. The van der Waals surface area contributed by atoms with Crippen molar-refractivity contribution < 1.29 is 13.2 Å². The molecule has 0 radical (unpaired) electrons. The average molecular weight is 426 g/mol. The van der Waals surface area contributed by atoms with Crippen LogP contribution >= 0.6 is 11.8 Å². The number of carbonyl (C=O) groups excluding carboxylic acids is 1. The van der Waals surface area contributed by atoms with E-state index < -0.39 is 10.0 Å². The fourth-order valence-corrected chi connectivity index (χ4v) is 5.79. The van der Waals surface area contributed by atoms with Crippen molar-refractivity contribution in [2.75, 3.05) is 51.8 Å². The number of likely N-dealkylation sites (tertiary alicyclic amines) is 1. The van der Waals surface area contributed by atoms with Crippen molar-refractivity contribution in [3.05, 3.63) is 29.8 Å². The van der Waals surface area contributed by atoms with Gasteiger partial charge in [-0.3, -0.25) is 4.79 Å². The maximum absolute atomic E-state index is 13.2. The maximum Gasteiger partial charge on any atom is 0.254 e. The van der Waals surface area contributed by atoms with Crippen LogP contribution in [0.5, 0.6) is 0 Å². The first-order valence-electron chi connectivity index (χ1n) is 10.0. The zero-order valence-electron chi connectivity index (χ0n) is 16.8. The van der Waals surface area contributed by atoms with E-state index in [1.165, 1.54) is 49.8 Å². The van der Waals surface area contributed by atoms with E-state index >= 15 is 0 Å². The SMILES string of the molecule is CN(C)S(=O)(=O)c1ccc(C(=O)N2CCCSCC2CN2CCCCC2)cc1. The molecule has 1 atom stereocenters. The second kappa shape index (κ2) is 9.61. The molecule has 0 aliphatic carbocycles. The molecule has 1 aromatic carbocycles. The Kier molecular flexibility index (Phi) is 7.42. The molecule has 0 spiro atoms. The van der Waals surface area contributed by atoms with E-state index in [9.17, 15) is 13.2 Å². The number of nitrogens with zero attached hydrogens (tertiary/aromatic N) is 3. The lowest BCUT2D eigenvalue weighted by Gasteiger charge is -2.35. The molecule has 28 heavy (non-hydrogen) atoms. The van der Waals surface area contributed by atoms with Crippen LogP contribution in [0.1, 0.15) is 36.0 Å². The van der Waals surface area contributed by atoms with E-state index in [0.29, 0.717) is 5.56 Å². The number of piperidine rings is 1. The Balaban J connectivity index is 1.75. The maximum atomic E-state index is 13.2. The summed E-state index contributed by atoms with van der Waals surface area (Å²) in [6.45, 7) is 3.95. The van der Waals surface area contributed by atoms with Crippen LogP contribution in [0.4, 0.5) is 0 Å². The second-order valence-electron chi connectivity index (χ2n) is 7.75. The van der Waals surface area contributed by atoms with E-state index in [-0.39, 0.29) is 16.8 Å². The predicted molar refractivity (Wildman–Crippen MR) is 114 cm³/mol. The molecule has 8 heteroatoms. The van der Waals surface area contributed by atoms with Crippen molar-refractivity contribution in [1.82, 2.24) is 14.1 Å². The molecule has 1 amide bonds.